The molecule has 1 aliphatic rings. The lowest BCUT2D eigenvalue weighted by Crippen LogP contribution is -2.53. The van der Waals surface area contributed by atoms with Gasteiger partial charge in [-0.3, -0.25) is 9.88 Å². The second-order valence-corrected chi connectivity index (χ2v) is 7.91. The fourth-order valence-corrected chi connectivity index (χ4v) is 3.84. The lowest BCUT2D eigenvalue weighted by atomic mass is 9.94. The van der Waals surface area contributed by atoms with Gasteiger partial charge in [0.05, 0.1) is 17.1 Å². The van der Waals surface area contributed by atoms with Crippen LogP contribution in [0.5, 0.6) is 0 Å². The largest absolute Gasteiger partial charge is 0.465 e. The van der Waals surface area contributed by atoms with Crippen molar-refractivity contribution in [3.05, 3.63) is 47.7 Å². The second kappa shape index (κ2) is 6.45. The Balaban J connectivity index is 2.07. The molecule has 1 aromatic heterocycles. The molecule has 0 atom stereocenters. The van der Waals surface area contributed by atoms with Gasteiger partial charge in [-0.05, 0) is 75.4 Å². The minimum absolute atomic E-state index is 0.383. The smallest absolute Gasteiger partial charge is 0.408 e. The van der Waals surface area contributed by atoms with E-state index in [2.05, 4.69) is 4.98 Å². The van der Waals surface area contributed by atoms with Crippen molar-refractivity contribution >= 4 is 23.1 Å². The van der Waals surface area contributed by atoms with Crippen LogP contribution in [-0.2, 0) is 6.42 Å². The van der Waals surface area contributed by atoms with E-state index in [4.69, 9.17) is 5.26 Å². The molecular formula is C21H23N3O2. The van der Waals surface area contributed by atoms with E-state index in [-0.39, 0.29) is 5.54 Å². The van der Waals surface area contributed by atoms with Crippen molar-refractivity contribution in [3.63, 3.8) is 0 Å². The summed E-state index contributed by atoms with van der Waals surface area (Å²) in [4.78, 5) is 18.1. The average Bonchev–Trinajstić information content (AvgIpc) is 3.30. The van der Waals surface area contributed by atoms with E-state index in [1.165, 1.54) is 6.08 Å². The zero-order chi connectivity index (χ0) is 18.9. The quantitative estimate of drug-likeness (QED) is 0.817. The first-order valence-corrected chi connectivity index (χ1v) is 8.74. The number of rotatable bonds is 4. The Morgan fingerprint density at radius 2 is 2.15 bits per heavy atom. The molecule has 0 unspecified atom stereocenters. The van der Waals surface area contributed by atoms with Gasteiger partial charge in [0.15, 0.2) is 0 Å². The molecule has 1 saturated carbocycles. The predicted molar refractivity (Wildman–Crippen MR) is 102 cm³/mol. The number of pyridine rings is 1. The van der Waals surface area contributed by atoms with Gasteiger partial charge in [-0.25, -0.2) is 4.79 Å². The standard InChI is InChI=1S/C21H23N3O2/c1-20(2,3)24(19(25)26)21(8-9-21)14-17-13-15(6-4-10-22)12-16-7-5-11-23-18(16)17/h4-7,11-13H,8-9,14H2,1-3H3,(H,25,26)/b6-4+. The van der Waals surface area contributed by atoms with Crippen molar-refractivity contribution in [2.45, 2.75) is 51.1 Å². The van der Waals surface area contributed by atoms with Gasteiger partial charge in [-0.1, -0.05) is 6.07 Å². The van der Waals surface area contributed by atoms with Gasteiger partial charge in [0.25, 0.3) is 0 Å². The summed E-state index contributed by atoms with van der Waals surface area (Å²) in [6, 6.07) is 9.91. The van der Waals surface area contributed by atoms with Crippen molar-refractivity contribution in [1.82, 2.24) is 9.88 Å². The van der Waals surface area contributed by atoms with Crippen LogP contribution in [0.15, 0.2) is 36.5 Å². The molecule has 1 N–H and O–H groups in total. The summed E-state index contributed by atoms with van der Waals surface area (Å²) in [5, 5.41) is 19.6. The third-order valence-electron chi connectivity index (χ3n) is 4.84. The summed E-state index contributed by atoms with van der Waals surface area (Å²) >= 11 is 0. The number of fused-ring (bicyclic) bond motifs is 1. The van der Waals surface area contributed by atoms with Crippen molar-refractivity contribution in [1.29, 1.82) is 5.26 Å². The number of amides is 1. The zero-order valence-electron chi connectivity index (χ0n) is 15.4. The molecule has 1 aliphatic carbocycles. The number of aromatic nitrogens is 1. The van der Waals surface area contributed by atoms with Gasteiger partial charge in [0, 0.05) is 23.2 Å². The first-order chi connectivity index (χ1) is 12.3. The van der Waals surface area contributed by atoms with Crippen molar-refractivity contribution in [2.24, 2.45) is 0 Å². The lowest BCUT2D eigenvalue weighted by molar-refractivity contribution is 0.0607. The van der Waals surface area contributed by atoms with E-state index in [9.17, 15) is 9.90 Å². The fraction of sp³-hybridized carbons (Fsp3) is 0.381. The molecule has 0 saturated heterocycles. The third kappa shape index (κ3) is 3.41. The Kier molecular flexibility index (Phi) is 4.45. The molecule has 3 rings (SSSR count). The number of hydrogen-bond acceptors (Lipinski definition) is 3. The Morgan fingerprint density at radius 3 is 2.73 bits per heavy atom. The topological polar surface area (TPSA) is 77.2 Å². The Morgan fingerprint density at radius 1 is 1.42 bits per heavy atom. The minimum atomic E-state index is -0.882. The molecule has 26 heavy (non-hydrogen) atoms. The predicted octanol–water partition coefficient (Wildman–Crippen LogP) is 4.63. The molecule has 0 bridgehead atoms. The van der Waals surface area contributed by atoms with Crippen LogP contribution in [0.25, 0.3) is 17.0 Å². The average molecular weight is 349 g/mol. The van der Waals surface area contributed by atoms with Gasteiger partial charge in [0.1, 0.15) is 0 Å². The highest BCUT2D eigenvalue weighted by molar-refractivity contribution is 5.85. The molecule has 1 aromatic carbocycles. The summed E-state index contributed by atoms with van der Waals surface area (Å²) in [7, 11) is 0. The van der Waals surface area contributed by atoms with E-state index >= 15 is 0 Å². The van der Waals surface area contributed by atoms with Gasteiger partial charge in [-0.2, -0.15) is 5.26 Å². The molecule has 0 radical (unpaired) electrons. The summed E-state index contributed by atoms with van der Waals surface area (Å²) < 4.78 is 0. The van der Waals surface area contributed by atoms with Crippen LogP contribution in [0, 0.1) is 11.3 Å². The number of carboxylic acid groups (broad SMARTS) is 1. The molecule has 2 aromatic rings. The normalized spacial score (nSPS) is 15.8. The van der Waals surface area contributed by atoms with E-state index in [1.807, 2.05) is 51.1 Å². The molecule has 5 heteroatoms. The molecular weight excluding hydrogens is 326 g/mol. The van der Waals surface area contributed by atoms with Gasteiger partial charge >= 0.3 is 6.09 Å². The van der Waals surface area contributed by atoms with E-state index in [1.54, 1.807) is 17.2 Å². The van der Waals surface area contributed by atoms with Crippen LogP contribution in [-0.4, -0.2) is 32.2 Å². The third-order valence-corrected chi connectivity index (χ3v) is 4.84. The lowest BCUT2D eigenvalue weighted by Gasteiger charge is -2.40. The van der Waals surface area contributed by atoms with Gasteiger partial charge in [0.2, 0.25) is 0 Å². The number of benzene rings is 1. The first kappa shape index (κ1) is 17.9. The summed E-state index contributed by atoms with van der Waals surface area (Å²) in [5.41, 5.74) is 1.99. The zero-order valence-corrected chi connectivity index (χ0v) is 15.4. The van der Waals surface area contributed by atoms with Crippen molar-refractivity contribution in [3.8, 4) is 6.07 Å². The molecule has 1 amide bonds. The Hall–Kier alpha value is -2.87. The SMILES string of the molecule is CC(C)(C)N(C(=O)O)C1(Cc2cc(/C=C/C#N)cc3cccnc23)CC1. The highest BCUT2D eigenvalue weighted by Crippen LogP contribution is 2.48. The molecule has 0 aliphatic heterocycles. The molecule has 1 heterocycles. The summed E-state index contributed by atoms with van der Waals surface area (Å²) in [6.07, 6.45) is 6.42. The highest BCUT2D eigenvalue weighted by Gasteiger charge is 2.54. The van der Waals surface area contributed by atoms with Crippen LogP contribution in [0.4, 0.5) is 4.79 Å². The second-order valence-electron chi connectivity index (χ2n) is 7.91. The van der Waals surface area contributed by atoms with Crippen molar-refractivity contribution < 1.29 is 9.90 Å². The highest BCUT2D eigenvalue weighted by atomic mass is 16.4. The van der Waals surface area contributed by atoms with Crippen LogP contribution in [0.2, 0.25) is 0 Å². The molecule has 0 spiro atoms. The van der Waals surface area contributed by atoms with E-state index in [0.29, 0.717) is 6.42 Å². The number of carbonyl (C=O) groups is 1. The Labute approximate surface area is 153 Å². The Bertz CT molecular complexity index is 915. The van der Waals surface area contributed by atoms with Gasteiger partial charge < -0.3 is 5.11 Å². The van der Waals surface area contributed by atoms with Crippen LogP contribution >= 0.6 is 0 Å². The fourth-order valence-electron chi connectivity index (χ4n) is 3.84. The molecule has 5 nitrogen and oxygen atoms in total. The maximum atomic E-state index is 12.0. The van der Waals surface area contributed by atoms with Crippen molar-refractivity contribution in [2.75, 3.05) is 0 Å². The number of allylic oxidation sites excluding steroid dienone is 1. The van der Waals surface area contributed by atoms with Crippen LogP contribution < -0.4 is 0 Å². The monoisotopic (exact) mass is 349 g/mol. The molecule has 1 fully saturated rings. The van der Waals surface area contributed by atoms with Crippen LogP contribution in [0.1, 0.15) is 44.7 Å². The first-order valence-electron chi connectivity index (χ1n) is 8.74. The number of nitriles is 1. The number of nitrogens with zero attached hydrogens (tertiary/aromatic N) is 3. The maximum absolute atomic E-state index is 12.0. The maximum Gasteiger partial charge on any atom is 0.408 e. The number of hydrogen-bond donors (Lipinski definition) is 1. The summed E-state index contributed by atoms with van der Waals surface area (Å²) in [5.74, 6) is 0. The molecule has 134 valence electrons. The minimum Gasteiger partial charge on any atom is -0.465 e. The van der Waals surface area contributed by atoms with E-state index < -0.39 is 11.6 Å². The summed E-state index contributed by atoms with van der Waals surface area (Å²) in [6.45, 7) is 5.80. The van der Waals surface area contributed by atoms with E-state index in [0.717, 1.165) is 34.9 Å². The van der Waals surface area contributed by atoms with Gasteiger partial charge in [-0.15, -0.1) is 0 Å². The van der Waals surface area contributed by atoms with Crippen LogP contribution in [0.3, 0.4) is 0 Å².